The van der Waals surface area contributed by atoms with Gasteiger partial charge in [-0.25, -0.2) is 4.79 Å². The lowest BCUT2D eigenvalue weighted by atomic mass is 10.1. The molecule has 0 radical (unpaired) electrons. The quantitative estimate of drug-likeness (QED) is 0.659. The number of urea groups is 1. The van der Waals surface area contributed by atoms with Crippen LogP contribution in [0.25, 0.3) is 10.8 Å². The number of carbonyl (C=O) groups excluding carboxylic acids is 1. The zero-order valence-corrected chi connectivity index (χ0v) is 14.7. The molecule has 2 N–H and O–H groups in total. The number of carbonyl (C=O) groups is 1. The van der Waals surface area contributed by atoms with Gasteiger partial charge >= 0.3 is 6.03 Å². The lowest BCUT2D eigenvalue weighted by Crippen LogP contribution is -2.28. The van der Waals surface area contributed by atoms with Gasteiger partial charge < -0.3 is 15.4 Å². The molecule has 0 saturated heterocycles. The summed E-state index contributed by atoms with van der Waals surface area (Å²) in [5, 5.41) is 8.08. The van der Waals surface area contributed by atoms with Crippen molar-refractivity contribution < 1.29 is 9.53 Å². The van der Waals surface area contributed by atoms with Gasteiger partial charge in [-0.05, 0) is 29.7 Å². The van der Waals surface area contributed by atoms with Crippen LogP contribution in [-0.2, 0) is 0 Å². The number of hydrogen-bond acceptors (Lipinski definition) is 2. The van der Waals surface area contributed by atoms with E-state index in [2.05, 4.69) is 22.5 Å². The van der Waals surface area contributed by atoms with E-state index >= 15 is 0 Å². The summed E-state index contributed by atoms with van der Waals surface area (Å²) in [7, 11) is 0. The standard InChI is InChI=1S/C21H17ClN2O2/c22-17-9-6-10-18(15-17)24-21(25)23-13-3-4-14-26-20-12-5-8-16-7-1-2-11-19(16)20/h1-2,5-12,15H,13-14H2,(H2,23,24,25). The van der Waals surface area contributed by atoms with Crippen LogP contribution in [0.3, 0.4) is 0 Å². The number of benzene rings is 3. The fourth-order valence-electron chi connectivity index (χ4n) is 2.41. The molecular formula is C21H17ClN2O2. The minimum Gasteiger partial charge on any atom is -0.480 e. The molecule has 0 atom stereocenters. The maximum absolute atomic E-state index is 11.8. The number of amides is 2. The molecule has 2 amide bonds. The van der Waals surface area contributed by atoms with Crippen molar-refractivity contribution in [2.45, 2.75) is 0 Å². The molecule has 0 aromatic heterocycles. The van der Waals surface area contributed by atoms with Crippen LogP contribution in [0.4, 0.5) is 10.5 Å². The molecule has 0 aliphatic carbocycles. The van der Waals surface area contributed by atoms with Crippen molar-refractivity contribution >= 4 is 34.1 Å². The van der Waals surface area contributed by atoms with Gasteiger partial charge in [-0.15, -0.1) is 0 Å². The number of hydrogen-bond donors (Lipinski definition) is 2. The molecular weight excluding hydrogens is 348 g/mol. The minimum atomic E-state index is -0.337. The van der Waals surface area contributed by atoms with Crippen LogP contribution in [0.5, 0.6) is 5.75 Å². The maximum atomic E-state index is 11.8. The maximum Gasteiger partial charge on any atom is 0.319 e. The third-order valence-electron chi connectivity index (χ3n) is 3.59. The van der Waals surface area contributed by atoms with Crippen molar-refractivity contribution in [2.75, 3.05) is 18.5 Å². The van der Waals surface area contributed by atoms with Crippen molar-refractivity contribution in [3.63, 3.8) is 0 Å². The Balaban J connectivity index is 1.45. The van der Waals surface area contributed by atoms with Crippen LogP contribution < -0.4 is 15.4 Å². The van der Waals surface area contributed by atoms with E-state index in [1.807, 2.05) is 42.5 Å². The van der Waals surface area contributed by atoms with Crippen molar-refractivity contribution in [3.8, 4) is 17.6 Å². The Morgan fingerprint density at radius 2 is 1.81 bits per heavy atom. The number of fused-ring (bicyclic) bond motifs is 1. The monoisotopic (exact) mass is 364 g/mol. The lowest BCUT2D eigenvalue weighted by molar-refractivity contribution is 0.253. The number of halogens is 1. The Kier molecular flexibility index (Phi) is 5.97. The summed E-state index contributed by atoms with van der Waals surface area (Å²) in [6.07, 6.45) is 0. The molecule has 0 aliphatic rings. The Labute approximate surface area is 157 Å². The average Bonchev–Trinajstić information content (AvgIpc) is 2.64. The van der Waals surface area contributed by atoms with E-state index < -0.39 is 0 Å². The molecule has 4 nitrogen and oxygen atoms in total. The van der Waals surface area contributed by atoms with Crippen LogP contribution >= 0.6 is 11.6 Å². The molecule has 3 rings (SSSR count). The van der Waals surface area contributed by atoms with Gasteiger partial charge in [0.2, 0.25) is 0 Å². The Hall–Kier alpha value is -3.16. The van der Waals surface area contributed by atoms with Gasteiger partial charge in [0.25, 0.3) is 0 Å². The molecule has 3 aromatic carbocycles. The van der Waals surface area contributed by atoms with E-state index in [9.17, 15) is 4.79 Å². The minimum absolute atomic E-state index is 0.227. The van der Waals surface area contributed by atoms with Gasteiger partial charge in [0.1, 0.15) is 12.4 Å². The molecule has 0 heterocycles. The second kappa shape index (κ2) is 8.80. The molecule has 0 saturated carbocycles. The zero-order valence-electron chi connectivity index (χ0n) is 14.0. The predicted octanol–water partition coefficient (Wildman–Crippen LogP) is 4.70. The van der Waals surface area contributed by atoms with Gasteiger partial charge in [0, 0.05) is 16.1 Å². The predicted molar refractivity (Wildman–Crippen MR) is 106 cm³/mol. The molecule has 0 fully saturated rings. The largest absolute Gasteiger partial charge is 0.480 e. The first-order valence-corrected chi connectivity index (χ1v) is 8.47. The SMILES string of the molecule is O=C(NCC#CCOc1cccc2ccccc12)Nc1cccc(Cl)c1. The fraction of sp³-hybridized carbons (Fsp3) is 0.0952. The van der Waals surface area contributed by atoms with Gasteiger partial charge in [-0.1, -0.05) is 65.9 Å². The lowest BCUT2D eigenvalue weighted by Gasteiger charge is -2.06. The first-order valence-electron chi connectivity index (χ1n) is 8.09. The van der Waals surface area contributed by atoms with E-state index in [0.29, 0.717) is 10.7 Å². The van der Waals surface area contributed by atoms with Gasteiger partial charge in [-0.2, -0.15) is 0 Å². The van der Waals surface area contributed by atoms with Gasteiger partial charge in [0.05, 0.1) is 6.54 Å². The van der Waals surface area contributed by atoms with E-state index in [-0.39, 0.29) is 19.2 Å². The van der Waals surface area contributed by atoms with Crippen LogP contribution in [0, 0.1) is 11.8 Å². The van der Waals surface area contributed by atoms with Crippen molar-refractivity contribution in [2.24, 2.45) is 0 Å². The number of rotatable bonds is 4. The third kappa shape index (κ3) is 4.92. The normalized spacial score (nSPS) is 9.88. The van der Waals surface area contributed by atoms with E-state index in [0.717, 1.165) is 16.5 Å². The van der Waals surface area contributed by atoms with E-state index in [1.165, 1.54) is 0 Å². The zero-order chi connectivity index (χ0) is 18.2. The Bertz CT molecular complexity index is 971. The first kappa shape index (κ1) is 17.7. The second-order valence-electron chi connectivity index (χ2n) is 5.44. The summed E-state index contributed by atoms with van der Waals surface area (Å²) >= 11 is 5.87. The van der Waals surface area contributed by atoms with Gasteiger partial charge in [-0.3, -0.25) is 0 Å². The molecule has 0 unspecified atom stereocenters. The molecule has 3 aromatic rings. The number of ether oxygens (including phenoxy) is 1. The smallest absolute Gasteiger partial charge is 0.319 e. The second-order valence-corrected chi connectivity index (χ2v) is 5.87. The van der Waals surface area contributed by atoms with Crippen molar-refractivity contribution in [3.05, 3.63) is 71.8 Å². The molecule has 0 aliphatic heterocycles. The molecule has 130 valence electrons. The summed E-state index contributed by atoms with van der Waals surface area (Å²) in [6, 6.07) is 20.5. The summed E-state index contributed by atoms with van der Waals surface area (Å²) in [5.41, 5.74) is 0.627. The highest BCUT2D eigenvalue weighted by Crippen LogP contribution is 2.24. The summed E-state index contributed by atoms with van der Waals surface area (Å²) in [5.74, 6) is 6.55. The average molecular weight is 365 g/mol. The van der Waals surface area contributed by atoms with Crippen molar-refractivity contribution in [1.82, 2.24) is 5.32 Å². The highest BCUT2D eigenvalue weighted by atomic mass is 35.5. The third-order valence-corrected chi connectivity index (χ3v) is 3.83. The molecule has 0 spiro atoms. The van der Waals surface area contributed by atoms with E-state index in [4.69, 9.17) is 16.3 Å². The highest BCUT2D eigenvalue weighted by Gasteiger charge is 2.01. The molecule has 26 heavy (non-hydrogen) atoms. The first-order chi connectivity index (χ1) is 12.7. The molecule has 0 bridgehead atoms. The van der Waals surface area contributed by atoms with Crippen LogP contribution in [0.15, 0.2) is 66.7 Å². The van der Waals surface area contributed by atoms with Crippen LogP contribution in [0.2, 0.25) is 5.02 Å². The Morgan fingerprint density at radius 3 is 2.69 bits per heavy atom. The fourth-order valence-corrected chi connectivity index (χ4v) is 2.61. The summed E-state index contributed by atoms with van der Waals surface area (Å²) in [4.78, 5) is 11.8. The van der Waals surface area contributed by atoms with Crippen LogP contribution in [0.1, 0.15) is 0 Å². The summed E-state index contributed by atoms with van der Waals surface area (Å²) in [6.45, 7) is 0.483. The number of anilines is 1. The van der Waals surface area contributed by atoms with Crippen molar-refractivity contribution in [1.29, 1.82) is 0 Å². The molecule has 5 heteroatoms. The van der Waals surface area contributed by atoms with E-state index in [1.54, 1.807) is 24.3 Å². The summed E-state index contributed by atoms with van der Waals surface area (Å²) < 4.78 is 5.72. The van der Waals surface area contributed by atoms with Gasteiger partial charge in [0.15, 0.2) is 0 Å². The number of nitrogens with one attached hydrogen (secondary N) is 2. The van der Waals surface area contributed by atoms with Crippen LogP contribution in [-0.4, -0.2) is 19.2 Å². The highest BCUT2D eigenvalue weighted by molar-refractivity contribution is 6.30. The topological polar surface area (TPSA) is 50.4 Å². The Morgan fingerprint density at radius 1 is 1.00 bits per heavy atom.